The Morgan fingerprint density at radius 3 is 2.95 bits per heavy atom. The average Bonchev–Trinajstić information content (AvgIpc) is 2.92. The number of likely N-dealkylation sites (tertiary alicyclic amines) is 1. The van der Waals surface area contributed by atoms with Gasteiger partial charge in [0.2, 0.25) is 0 Å². The molecule has 1 N–H and O–H groups in total. The molecule has 2 unspecified atom stereocenters. The summed E-state index contributed by atoms with van der Waals surface area (Å²) in [5.74, 6) is 2.33. The van der Waals surface area contributed by atoms with Gasteiger partial charge in [-0.2, -0.15) is 5.10 Å². The second-order valence-electron chi connectivity index (χ2n) is 5.95. The summed E-state index contributed by atoms with van der Waals surface area (Å²) in [7, 11) is 1.87. The van der Waals surface area contributed by atoms with Gasteiger partial charge in [-0.25, -0.2) is 0 Å². The van der Waals surface area contributed by atoms with Gasteiger partial charge in [0.05, 0.1) is 0 Å². The van der Waals surface area contributed by atoms with E-state index in [2.05, 4.69) is 34.2 Å². The number of guanidine groups is 1. The number of nitrogens with zero attached hydrogens (tertiary/aromatic N) is 4. The Bertz CT molecular complexity index is 418. The molecule has 1 aliphatic rings. The number of piperidine rings is 1. The molecule has 2 rings (SSSR count). The van der Waals surface area contributed by atoms with E-state index >= 15 is 0 Å². The highest BCUT2D eigenvalue weighted by atomic mass is 127. The minimum absolute atomic E-state index is 0. The van der Waals surface area contributed by atoms with Crippen molar-refractivity contribution in [2.24, 2.45) is 16.8 Å². The zero-order valence-electron chi connectivity index (χ0n) is 13.3. The van der Waals surface area contributed by atoms with Gasteiger partial charge in [0.25, 0.3) is 0 Å². The van der Waals surface area contributed by atoms with Crippen LogP contribution in [0.15, 0.2) is 23.5 Å². The van der Waals surface area contributed by atoms with Crippen LogP contribution >= 0.6 is 24.0 Å². The molecule has 120 valence electrons. The van der Waals surface area contributed by atoms with Gasteiger partial charge in [-0.1, -0.05) is 13.8 Å². The van der Waals surface area contributed by atoms with Gasteiger partial charge in [0.1, 0.15) is 0 Å². The topological polar surface area (TPSA) is 45.5 Å². The lowest BCUT2D eigenvalue weighted by atomic mass is 10.0. The number of halogens is 1. The first-order valence-corrected chi connectivity index (χ1v) is 7.62. The minimum Gasteiger partial charge on any atom is -0.356 e. The number of aromatic nitrogens is 2. The normalized spacial score (nSPS) is 20.8. The molecule has 0 radical (unpaired) electrons. The molecular formula is C15H28IN5. The number of hydrogen-bond acceptors (Lipinski definition) is 2. The van der Waals surface area contributed by atoms with Gasteiger partial charge in [-0.3, -0.25) is 9.67 Å². The van der Waals surface area contributed by atoms with Crippen LogP contribution in [0.3, 0.4) is 0 Å². The molecule has 0 aromatic carbocycles. The van der Waals surface area contributed by atoms with Crippen molar-refractivity contribution in [1.82, 2.24) is 20.0 Å². The molecule has 0 amide bonds. The highest BCUT2D eigenvalue weighted by molar-refractivity contribution is 14.0. The first kappa shape index (κ1) is 18.3. The van der Waals surface area contributed by atoms with Crippen LogP contribution in [0.2, 0.25) is 0 Å². The molecule has 0 spiro atoms. The quantitative estimate of drug-likeness (QED) is 0.476. The molecule has 21 heavy (non-hydrogen) atoms. The van der Waals surface area contributed by atoms with Crippen molar-refractivity contribution in [3.05, 3.63) is 18.5 Å². The Kier molecular flexibility index (Phi) is 8.06. The first-order chi connectivity index (χ1) is 9.69. The summed E-state index contributed by atoms with van der Waals surface area (Å²) in [4.78, 5) is 6.81. The van der Waals surface area contributed by atoms with E-state index in [9.17, 15) is 0 Å². The standard InChI is InChI=1S/C15H27N5.HI/c1-13-6-4-8-19(11-13)15(16-3)17-10-14(2)12-20-9-5-7-18-20;/h5,7,9,13-14H,4,6,8,10-12H2,1-3H3,(H,16,17);1H. The van der Waals surface area contributed by atoms with Crippen LogP contribution in [0.25, 0.3) is 0 Å². The Morgan fingerprint density at radius 2 is 2.33 bits per heavy atom. The molecule has 6 heteroatoms. The third-order valence-electron chi connectivity index (χ3n) is 3.83. The average molecular weight is 405 g/mol. The predicted molar refractivity (Wildman–Crippen MR) is 98.1 cm³/mol. The zero-order valence-corrected chi connectivity index (χ0v) is 15.7. The van der Waals surface area contributed by atoms with Crippen molar-refractivity contribution in [3.8, 4) is 0 Å². The van der Waals surface area contributed by atoms with Gasteiger partial charge in [0, 0.05) is 45.6 Å². The lowest BCUT2D eigenvalue weighted by molar-refractivity contribution is 0.264. The molecule has 1 fully saturated rings. The van der Waals surface area contributed by atoms with Gasteiger partial charge in [0.15, 0.2) is 5.96 Å². The highest BCUT2D eigenvalue weighted by Crippen LogP contribution is 2.15. The molecular weight excluding hydrogens is 377 g/mol. The molecule has 1 saturated heterocycles. The summed E-state index contributed by atoms with van der Waals surface area (Å²) in [6.45, 7) is 8.66. The van der Waals surface area contributed by atoms with Crippen molar-refractivity contribution in [2.45, 2.75) is 33.2 Å². The Labute approximate surface area is 145 Å². The summed E-state index contributed by atoms with van der Waals surface area (Å²) in [6.07, 6.45) is 6.44. The summed E-state index contributed by atoms with van der Waals surface area (Å²) < 4.78 is 1.98. The van der Waals surface area contributed by atoms with Gasteiger partial charge in [-0.05, 0) is 30.7 Å². The second-order valence-corrected chi connectivity index (χ2v) is 5.95. The van der Waals surface area contributed by atoms with E-state index in [1.54, 1.807) is 0 Å². The van der Waals surface area contributed by atoms with E-state index in [1.165, 1.54) is 12.8 Å². The maximum absolute atomic E-state index is 4.42. The van der Waals surface area contributed by atoms with Crippen molar-refractivity contribution in [2.75, 3.05) is 26.7 Å². The van der Waals surface area contributed by atoms with Crippen LogP contribution in [0.1, 0.15) is 26.7 Å². The molecule has 0 bridgehead atoms. The number of aliphatic imine (C=N–C) groups is 1. The maximum atomic E-state index is 4.42. The van der Waals surface area contributed by atoms with Crippen LogP contribution in [-0.2, 0) is 6.54 Å². The third-order valence-corrected chi connectivity index (χ3v) is 3.83. The largest absolute Gasteiger partial charge is 0.356 e. The SMILES string of the molecule is CN=C(NCC(C)Cn1cccn1)N1CCCC(C)C1.I. The third kappa shape index (κ3) is 5.84. The molecule has 0 aliphatic carbocycles. The molecule has 1 aromatic rings. The van der Waals surface area contributed by atoms with Crippen LogP contribution in [-0.4, -0.2) is 47.3 Å². The minimum atomic E-state index is 0. The fourth-order valence-corrected chi connectivity index (χ4v) is 2.77. The van der Waals surface area contributed by atoms with Crippen LogP contribution < -0.4 is 5.32 Å². The highest BCUT2D eigenvalue weighted by Gasteiger charge is 2.19. The van der Waals surface area contributed by atoms with Crippen LogP contribution in [0.5, 0.6) is 0 Å². The summed E-state index contributed by atoms with van der Waals surface area (Å²) >= 11 is 0. The van der Waals surface area contributed by atoms with E-state index in [0.717, 1.165) is 38.1 Å². The van der Waals surface area contributed by atoms with E-state index < -0.39 is 0 Å². The second kappa shape index (κ2) is 9.27. The van der Waals surface area contributed by atoms with Crippen molar-refractivity contribution < 1.29 is 0 Å². The van der Waals surface area contributed by atoms with E-state index in [0.29, 0.717) is 5.92 Å². The Morgan fingerprint density at radius 1 is 1.52 bits per heavy atom. The fraction of sp³-hybridized carbons (Fsp3) is 0.733. The predicted octanol–water partition coefficient (Wildman–Crippen LogP) is 2.44. The molecule has 5 nitrogen and oxygen atoms in total. The Hall–Kier alpha value is -0.790. The number of nitrogens with one attached hydrogen (secondary N) is 1. The maximum Gasteiger partial charge on any atom is 0.193 e. The smallest absolute Gasteiger partial charge is 0.193 e. The summed E-state index contributed by atoms with van der Waals surface area (Å²) in [5, 5.41) is 7.76. The molecule has 1 aliphatic heterocycles. The lowest BCUT2D eigenvalue weighted by Crippen LogP contribution is -2.47. The molecule has 2 atom stereocenters. The van der Waals surface area contributed by atoms with E-state index in [4.69, 9.17) is 0 Å². The van der Waals surface area contributed by atoms with Crippen molar-refractivity contribution >= 4 is 29.9 Å². The van der Waals surface area contributed by atoms with Crippen LogP contribution in [0.4, 0.5) is 0 Å². The zero-order chi connectivity index (χ0) is 14.4. The van der Waals surface area contributed by atoms with E-state index in [1.807, 2.05) is 30.2 Å². The van der Waals surface area contributed by atoms with E-state index in [-0.39, 0.29) is 24.0 Å². The fourth-order valence-electron chi connectivity index (χ4n) is 2.77. The van der Waals surface area contributed by atoms with Gasteiger partial charge in [-0.15, -0.1) is 24.0 Å². The Balaban J connectivity index is 0.00000220. The summed E-state index contributed by atoms with van der Waals surface area (Å²) in [5.41, 5.74) is 0. The monoisotopic (exact) mass is 405 g/mol. The van der Waals surface area contributed by atoms with Crippen molar-refractivity contribution in [1.29, 1.82) is 0 Å². The number of rotatable bonds is 4. The van der Waals surface area contributed by atoms with Crippen LogP contribution in [0, 0.1) is 11.8 Å². The molecule has 2 heterocycles. The van der Waals surface area contributed by atoms with Gasteiger partial charge < -0.3 is 10.2 Å². The van der Waals surface area contributed by atoms with Gasteiger partial charge >= 0.3 is 0 Å². The molecule has 0 saturated carbocycles. The molecule has 1 aromatic heterocycles. The summed E-state index contributed by atoms with van der Waals surface area (Å²) in [6, 6.07) is 1.97. The lowest BCUT2D eigenvalue weighted by Gasteiger charge is -2.34. The number of hydrogen-bond donors (Lipinski definition) is 1. The van der Waals surface area contributed by atoms with Crippen molar-refractivity contribution in [3.63, 3.8) is 0 Å². The first-order valence-electron chi connectivity index (χ1n) is 7.62.